The van der Waals surface area contributed by atoms with Crippen molar-refractivity contribution in [3.63, 3.8) is 0 Å². The maximum atomic E-state index is 10.4. The predicted molar refractivity (Wildman–Crippen MR) is 46.6 cm³/mol. The first-order valence-electron chi connectivity index (χ1n) is 2.51. The van der Waals surface area contributed by atoms with Gasteiger partial charge in [0.15, 0.2) is 0 Å². The molecule has 0 N–H and O–H groups in total. The van der Waals surface area contributed by atoms with Crippen molar-refractivity contribution in [1.82, 2.24) is 0 Å². The summed E-state index contributed by atoms with van der Waals surface area (Å²) in [6.45, 7) is 1.97. The summed E-state index contributed by atoms with van der Waals surface area (Å²) in [5, 5.41) is -0.332. The van der Waals surface area contributed by atoms with Crippen LogP contribution >= 0.6 is 43.5 Å². The van der Waals surface area contributed by atoms with Gasteiger partial charge in [0.25, 0.3) is 0 Å². The van der Waals surface area contributed by atoms with Crippen molar-refractivity contribution in [2.45, 2.75) is 23.0 Å². The highest BCUT2D eigenvalue weighted by molar-refractivity contribution is 9.10. The summed E-state index contributed by atoms with van der Waals surface area (Å²) in [4.78, 5) is 10.5. The minimum Gasteiger partial charge on any atom is -0.280 e. The van der Waals surface area contributed by atoms with Gasteiger partial charge < -0.3 is 0 Å². The summed E-state index contributed by atoms with van der Waals surface area (Å²) >= 11 is 11.6. The normalized spacial score (nSPS) is 16.9. The van der Waals surface area contributed by atoms with Crippen LogP contribution in [0.25, 0.3) is 0 Å². The van der Waals surface area contributed by atoms with Gasteiger partial charge in [-0.3, -0.25) is 4.79 Å². The fourth-order valence-corrected chi connectivity index (χ4v) is 1.90. The lowest BCUT2D eigenvalue weighted by molar-refractivity contribution is -0.111. The third-order valence-electron chi connectivity index (χ3n) is 0.778. The van der Waals surface area contributed by atoms with Gasteiger partial charge in [-0.25, -0.2) is 0 Å². The zero-order chi connectivity index (χ0) is 7.44. The SMILES string of the molecule is C[C@H](Br)C[C@@H](Br)C(=O)Cl. The highest BCUT2D eigenvalue weighted by atomic mass is 79.9. The summed E-state index contributed by atoms with van der Waals surface area (Å²) in [7, 11) is 0. The van der Waals surface area contributed by atoms with Crippen molar-refractivity contribution in [2.75, 3.05) is 0 Å². The van der Waals surface area contributed by atoms with Gasteiger partial charge in [0.1, 0.15) is 0 Å². The van der Waals surface area contributed by atoms with Crippen molar-refractivity contribution in [2.24, 2.45) is 0 Å². The molecule has 4 heteroatoms. The van der Waals surface area contributed by atoms with Crippen molar-refractivity contribution >= 4 is 48.7 Å². The lowest BCUT2D eigenvalue weighted by atomic mass is 10.3. The molecule has 0 aromatic carbocycles. The largest absolute Gasteiger partial charge is 0.280 e. The summed E-state index contributed by atoms with van der Waals surface area (Å²) in [6, 6.07) is 0. The maximum Gasteiger partial charge on any atom is 0.235 e. The minimum absolute atomic E-state index is 0.214. The average Bonchev–Trinajstić information content (AvgIpc) is 1.63. The second-order valence-corrected chi connectivity index (χ2v) is 4.83. The van der Waals surface area contributed by atoms with E-state index in [0.717, 1.165) is 6.42 Å². The molecule has 0 aliphatic rings. The molecule has 0 aliphatic heterocycles. The van der Waals surface area contributed by atoms with Crippen molar-refractivity contribution in [3.05, 3.63) is 0 Å². The third-order valence-corrected chi connectivity index (χ3v) is 2.47. The molecule has 0 amide bonds. The number of hydrogen-bond acceptors (Lipinski definition) is 1. The first kappa shape index (κ1) is 9.92. The molecular weight excluding hydrogens is 271 g/mol. The van der Waals surface area contributed by atoms with Gasteiger partial charge in [-0.2, -0.15) is 0 Å². The zero-order valence-corrected chi connectivity index (χ0v) is 8.83. The molecule has 0 unspecified atom stereocenters. The van der Waals surface area contributed by atoms with E-state index in [9.17, 15) is 4.79 Å². The van der Waals surface area contributed by atoms with Crippen LogP contribution < -0.4 is 0 Å². The van der Waals surface area contributed by atoms with E-state index in [4.69, 9.17) is 11.6 Å². The third kappa shape index (κ3) is 5.37. The second-order valence-electron chi connectivity index (χ2n) is 1.79. The number of alkyl halides is 2. The smallest absolute Gasteiger partial charge is 0.235 e. The lowest BCUT2D eigenvalue weighted by Gasteiger charge is -2.04. The zero-order valence-electron chi connectivity index (χ0n) is 4.90. The molecule has 0 aromatic rings. The number of rotatable bonds is 3. The van der Waals surface area contributed by atoms with Crippen LogP contribution in [-0.4, -0.2) is 14.9 Å². The average molecular weight is 278 g/mol. The highest BCUT2D eigenvalue weighted by Gasteiger charge is 2.13. The van der Waals surface area contributed by atoms with Gasteiger partial charge in [-0.05, 0) is 18.0 Å². The van der Waals surface area contributed by atoms with Crippen LogP contribution in [0.3, 0.4) is 0 Å². The van der Waals surface area contributed by atoms with Gasteiger partial charge in [-0.1, -0.05) is 38.8 Å². The highest BCUT2D eigenvalue weighted by Crippen LogP contribution is 2.15. The standard InChI is InChI=1S/C5H7Br2ClO/c1-3(6)2-4(7)5(8)9/h3-4H,2H2,1H3/t3-,4+/m0/s1. The van der Waals surface area contributed by atoms with Crippen molar-refractivity contribution in [3.8, 4) is 0 Å². The molecule has 0 saturated heterocycles. The van der Waals surface area contributed by atoms with Crippen LogP contribution in [0.4, 0.5) is 0 Å². The Morgan fingerprint density at radius 3 is 2.22 bits per heavy atom. The Labute approximate surface area is 76.4 Å². The Morgan fingerprint density at radius 1 is 1.67 bits per heavy atom. The van der Waals surface area contributed by atoms with Gasteiger partial charge in [0.05, 0.1) is 4.83 Å². The van der Waals surface area contributed by atoms with Gasteiger partial charge in [0.2, 0.25) is 5.24 Å². The lowest BCUT2D eigenvalue weighted by Crippen LogP contribution is -2.10. The molecular formula is C5H7Br2ClO. The quantitative estimate of drug-likeness (QED) is 0.573. The maximum absolute atomic E-state index is 10.4. The van der Waals surface area contributed by atoms with Crippen LogP contribution in [0.15, 0.2) is 0 Å². The van der Waals surface area contributed by atoms with Crippen LogP contribution in [0.2, 0.25) is 0 Å². The molecule has 1 nitrogen and oxygen atoms in total. The molecule has 2 atom stereocenters. The van der Waals surface area contributed by atoms with Crippen LogP contribution in [0.1, 0.15) is 13.3 Å². The Balaban J connectivity index is 3.50. The molecule has 0 radical (unpaired) electrons. The summed E-state index contributed by atoms with van der Waals surface area (Å²) in [5.41, 5.74) is 0. The van der Waals surface area contributed by atoms with Crippen molar-refractivity contribution in [1.29, 1.82) is 0 Å². The fraction of sp³-hybridized carbons (Fsp3) is 0.800. The van der Waals surface area contributed by atoms with Crippen LogP contribution in [0, 0.1) is 0 Å². The Bertz CT molecular complexity index is 105. The molecule has 0 aliphatic carbocycles. The molecule has 0 fully saturated rings. The Morgan fingerprint density at radius 2 is 2.11 bits per heavy atom. The fourth-order valence-electron chi connectivity index (χ4n) is 0.378. The molecule has 54 valence electrons. The molecule has 0 saturated carbocycles. The Hall–Kier alpha value is 0.920. The Kier molecular flexibility index (Phi) is 5.17. The summed E-state index contributed by atoms with van der Waals surface area (Å²) in [6.07, 6.45) is 0.725. The van der Waals surface area contributed by atoms with E-state index in [1.165, 1.54) is 0 Å². The van der Waals surface area contributed by atoms with E-state index in [-0.39, 0.29) is 10.1 Å². The van der Waals surface area contributed by atoms with Crippen molar-refractivity contribution < 1.29 is 4.79 Å². The molecule has 0 spiro atoms. The molecule has 0 heterocycles. The number of hydrogen-bond donors (Lipinski definition) is 0. The molecule has 0 rings (SSSR count). The molecule has 0 bridgehead atoms. The number of halogens is 3. The first-order valence-corrected chi connectivity index (χ1v) is 4.72. The second kappa shape index (κ2) is 4.69. The van der Waals surface area contributed by atoms with E-state index >= 15 is 0 Å². The monoisotopic (exact) mass is 276 g/mol. The van der Waals surface area contributed by atoms with Crippen LogP contribution in [-0.2, 0) is 4.79 Å². The number of carbonyl (C=O) groups is 1. The minimum atomic E-state index is -0.332. The van der Waals surface area contributed by atoms with E-state index in [0.29, 0.717) is 4.83 Å². The molecule has 9 heavy (non-hydrogen) atoms. The van der Waals surface area contributed by atoms with E-state index in [2.05, 4.69) is 31.9 Å². The van der Waals surface area contributed by atoms with Gasteiger partial charge in [-0.15, -0.1) is 0 Å². The molecule has 0 aromatic heterocycles. The summed E-state index contributed by atoms with van der Waals surface area (Å²) in [5.74, 6) is 0. The van der Waals surface area contributed by atoms with E-state index < -0.39 is 0 Å². The van der Waals surface area contributed by atoms with Gasteiger partial charge in [0, 0.05) is 4.83 Å². The first-order chi connectivity index (χ1) is 4.04. The van der Waals surface area contributed by atoms with E-state index in [1.807, 2.05) is 6.92 Å². The number of carbonyl (C=O) groups excluding carboxylic acids is 1. The summed E-state index contributed by atoms with van der Waals surface area (Å²) < 4.78 is 0. The van der Waals surface area contributed by atoms with Crippen LogP contribution in [0.5, 0.6) is 0 Å². The topological polar surface area (TPSA) is 17.1 Å². The van der Waals surface area contributed by atoms with E-state index in [1.54, 1.807) is 0 Å². The van der Waals surface area contributed by atoms with Gasteiger partial charge >= 0.3 is 0 Å². The predicted octanol–water partition coefficient (Wildman–Crippen LogP) is 2.69.